The molecule has 0 unspecified atom stereocenters. The van der Waals surface area contributed by atoms with Crippen molar-refractivity contribution in [2.45, 2.75) is 0 Å². The molecular formula is C15H11ClN2O2. The van der Waals surface area contributed by atoms with Gasteiger partial charge in [0.15, 0.2) is 0 Å². The SMILES string of the molecule is COc1ccc2ncn(-c3ccc(Cl)cc3)c(=O)c2c1. The number of methoxy groups -OCH3 is 1. The van der Waals surface area contributed by atoms with E-state index in [0.29, 0.717) is 21.7 Å². The van der Waals surface area contributed by atoms with E-state index >= 15 is 0 Å². The van der Waals surface area contributed by atoms with E-state index in [0.717, 1.165) is 5.69 Å². The first kappa shape index (κ1) is 12.7. The average molecular weight is 287 g/mol. The molecule has 0 N–H and O–H groups in total. The molecule has 5 heteroatoms. The maximum atomic E-state index is 12.5. The largest absolute Gasteiger partial charge is 0.497 e. The molecule has 0 bridgehead atoms. The van der Waals surface area contributed by atoms with Gasteiger partial charge in [-0.15, -0.1) is 0 Å². The lowest BCUT2D eigenvalue weighted by molar-refractivity contribution is 0.415. The van der Waals surface area contributed by atoms with E-state index in [1.165, 1.54) is 10.9 Å². The number of benzene rings is 2. The van der Waals surface area contributed by atoms with Crippen molar-refractivity contribution in [3.63, 3.8) is 0 Å². The van der Waals surface area contributed by atoms with Gasteiger partial charge >= 0.3 is 0 Å². The second-order valence-electron chi connectivity index (χ2n) is 4.28. The summed E-state index contributed by atoms with van der Waals surface area (Å²) >= 11 is 5.85. The summed E-state index contributed by atoms with van der Waals surface area (Å²) in [5.41, 5.74) is 1.22. The molecule has 2 aromatic carbocycles. The Labute approximate surface area is 120 Å². The molecule has 4 nitrogen and oxygen atoms in total. The molecule has 0 aliphatic rings. The molecular weight excluding hydrogens is 276 g/mol. The zero-order valence-electron chi connectivity index (χ0n) is 10.7. The van der Waals surface area contributed by atoms with Crippen LogP contribution in [0.2, 0.25) is 5.02 Å². The molecule has 0 saturated carbocycles. The predicted octanol–water partition coefficient (Wildman–Crippen LogP) is 3.05. The lowest BCUT2D eigenvalue weighted by atomic mass is 10.2. The van der Waals surface area contributed by atoms with Crippen molar-refractivity contribution in [2.24, 2.45) is 0 Å². The van der Waals surface area contributed by atoms with Crippen LogP contribution in [0.4, 0.5) is 0 Å². The number of fused-ring (bicyclic) bond motifs is 1. The zero-order chi connectivity index (χ0) is 14.1. The van der Waals surface area contributed by atoms with Crippen LogP contribution in [-0.4, -0.2) is 16.7 Å². The Morgan fingerprint density at radius 3 is 2.60 bits per heavy atom. The number of hydrogen-bond donors (Lipinski definition) is 0. The number of nitrogens with zero attached hydrogens (tertiary/aromatic N) is 2. The van der Waals surface area contributed by atoms with Gasteiger partial charge in [0.1, 0.15) is 12.1 Å². The third kappa shape index (κ3) is 2.14. The second kappa shape index (κ2) is 4.98. The minimum absolute atomic E-state index is 0.142. The molecule has 20 heavy (non-hydrogen) atoms. The van der Waals surface area contributed by atoms with Crippen LogP contribution in [-0.2, 0) is 0 Å². The molecule has 0 spiro atoms. The molecule has 0 amide bonds. The van der Waals surface area contributed by atoms with E-state index in [9.17, 15) is 4.79 Å². The Morgan fingerprint density at radius 2 is 1.90 bits per heavy atom. The van der Waals surface area contributed by atoms with Gasteiger partial charge in [0, 0.05) is 5.02 Å². The Hall–Kier alpha value is -2.33. The van der Waals surface area contributed by atoms with E-state index in [1.807, 2.05) is 0 Å². The van der Waals surface area contributed by atoms with Crippen LogP contribution in [0.25, 0.3) is 16.6 Å². The molecule has 100 valence electrons. The molecule has 0 atom stereocenters. The van der Waals surface area contributed by atoms with Gasteiger partial charge in [-0.25, -0.2) is 4.98 Å². The van der Waals surface area contributed by atoms with Crippen molar-refractivity contribution >= 4 is 22.5 Å². The Bertz CT molecular complexity index is 825. The Morgan fingerprint density at radius 1 is 1.15 bits per heavy atom. The van der Waals surface area contributed by atoms with Gasteiger partial charge in [-0.3, -0.25) is 9.36 Å². The van der Waals surface area contributed by atoms with Crippen LogP contribution < -0.4 is 10.3 Å². The standard InChI is InChI=1S/C15H11ClN2O2/c1-20-12-6-7-14-13(8-12)15(19)18(9-17-14)11-4-2-10(16)3-5-11/h2-9H,1H3. The van der Waals surface area contributed by atoms with Gasteiger partial charge in [0.25, 0.3) is 5.56 Å². The fourth-order valence-corrected chi connectivity index (χ4v) is 2.14. The predicted molar refractivity (Wildman–Crippen MR) is 78.9 cm³/mol. The summed E-state index contributed by atoms with van der Waals surface area (Å²) in [6.07, 6.45) is 1.51. The van der Waals surface area contributed by atoms with Crippen molar-refractivity contribution in [1.29, 1.82) is 0 Å². The summed E-state index contributed by atoms with van der Waals surface area (Å²) < 4.78 is 6.63. The summed E-state index contributed by atoms with van der Waals surface area (Å²) in [6.45, 7) is 0. The van der Waals surface area contributed by atoms with Crippen LogP contribution in [0.3, 0.4) is 0 Å². The third-order valence-corrected chi connectivity index (χ3v) is 3.32. The van der Waals surface area contributed by atoms with Gasteiger partial charge in [-0.2, -0.15) is 0 Å². The molecule has 0 aliphatic carbocycles. The highest BCUT2D eigenvalue weighted by atomic mass is 35.5. The van der Waals surface area contributed by atoms with Gasteiger partial charge in [0.05, 0.1) is 23.7 Å². The first-order chi connectivity index (χ1) is 9.69. The van der Waals surface area contributed by atoms with Crippen molar-refractivity contribution in [1.82, 2.24) is 9.55 Å². The molecule has 0 radical (unpaired) electrons. The van der Waals surface area contributed by atoms with Crippen molar-refractivity contribution in [3.05, 3.63) is 64.2 Å². The Kier molecular flexibility index (Phi) is 3.16. The first-order valence-corrected chi connectivity index (χ1v) is 6.38. The average Bonchev–Trinajstić information content (AvgIpc) is 2.49. The molecule has 3 rings (SSSR count). The third-order valence-electron chi connectivity index (χ3n) is 3.07. The number of hydrogen-bond acceptors (Lipinski definition) is 3. The zero-order valence-corrected chi connectivity index (χ0v) is 11.5. The summed E-state index contributed by atoms with van der Waals surface area (Å²) in [5, 5.41) is 1.14. The maximum Gasteiger partial charge on any atom is 0.265 e. The van der Waals surface area contributed by atoms with E-state index in [1.54, 1.807) is 49.6 Å². The second-order valence-corrected chi connectivity index (χ2v) is 4.72. The molecule has 0 aliphatic heterocycles. The monoisotopic (exact) mass is 286 g/mol. The minimum Gasteiger partial charge on any atom is -0.497 e. The lowest BCUT2D eigenvalue weighted by Crippen LogP contribution is -2.18. The van der Waals surface area contributed by atoms with Gasteiger partial charge in [-0.1, -0.05) is 11.6 Å². The highest BCUT2D eigenvalue weighted by molar-refractivity contribution is 6.30. The smallest absolute Gasteiger partial charge is 0.265 e. The minimum atomic E-state index is -0.142. The topological polar surface area (TPSA) is 44.1 Å². The van der Waals surface area contributed by atoms with E-state index in [-0.39, 0.29) is 5.56 Å². The Balaban J connectivity index is 2.24. The summed E-state index contributed by atoms with van der Waals surface area (Å²) in [5.74, 6) is 0.630. The van der Waals surface area contributed by atoms with Gasteiger partial charge in [-0.05, 0) is 42.5 Å². The van der Waals surface area contributed by atoms with E-state index < -0.39 is 0 Å². The first-order valence-electron chi connectivity index (χ1n) is 6.00. The van der Waals surface area contributed by atoms with Gasteiger partial charge in [0.2, 0.25) is 0 Å². The van der Waals surface area contributed by atoms with Gasteiger partial charge < -0.3 is 4.74 Å². The summed E-state index contributed by atoms with van der Waals surface area (Å²) in [7, 11) is 1.56. The quantitative estimate of drug-likeness (QED) is 0.727. The summed E-state index contributed by atoms with van der Waals surface area (Å²) in [6, 6.07) is 12.3. The van der Waals surface area contributed by atoms with Crippen LogP contribution >= 0.6 is 11.6 Å². The number of rotatable bonds is 2. The molecule has 0 fully saturated rings. The number of ether oxygens (including phenoxy) is 1. The van der Waals surface area contributed by atoms with Crippen molar-refractivity contribution in [3.8, 4) is 11.4 Å². The lowest BCUT2D eigenvalue weighted by Gasteiger charge is -2.07. The van der Waals surface area contributed by atoms with Crippen LogP contribution in [0.5, 0.6) is 5.75 Å². The molecule has 1 aromatic heterocycles. The maximum absolute atomic E-state index is 12.5. The number of aromatic nitrogens is 2. The van der Waals surface area contributed by atoms with Crippen LogP contribution in [0.15, 0.2) is 53.6 Å². The highest BCUT2D eigenvalue weighted by Crippen LogP contribution is 2.17. The fourth-order valence-electron chi connectivity index (χ4n) is 2.01. The normalized spacial score (nSPS) is 10.7. The molecule has 3 aromatic rings. The highest BCUT2D eigenvalue weighted by Gasteiger charge is 2.07. The van der Waals surface area contributed by atoms with Crippen LogP contribution in [0.1, 0.15) is 0 Å². The fraction of sp³-hybridized carbons (Fsp3) is 0.0667. The van der Waals surface area contributed by atoms with Crippen molar-refractivity contribution in [2.75, 3.05) is 7.11 Å². The summed E-state index contributed by atoms with van der Waals surface area (Å²) in [4.78, 5) is 16.8. The molecule has 0 saturated heterocycles. The molecule has 1 heterocycles. The van der Waals surface area contributed by atoms with Crippen LogP contribution in [0, 0.1) is 0 Å². The van der Waals surface area contributed by atoms with Crippen molar-refractivity contribution < 1.29 is 4.74 Å². The van der Waals surface area contributed by atoms with E-state index in [4.69, 9.17) is 16.3 Å². The van der Waals surface area contributed by atoms with E-state index in [2.05, 4.69) is 4.98 Å². The number of halogens is 1.